The summed E-state index contributed by atoms with van der Waals surface area (Å²) in [6.07, 6.45) is 0.213. The van der Waals surface area contributed by atoms with E-state index in [1.165, 1.54) is 19.2 Å². The average molecular weight is 467 g/mol. The molecule has 0 spiro atoms. The predicted octanol–water partition coefficient (Wildman–Crippen LogP) is 4.66. The number of methoxy groups -OCH3 is 1. The highest BCUT2D eigenvalue weighted by Crippen LogP contribution is 2.22. The molecule has 0 fully saturated rings. The largest absolute Gasteiger partial charge is 0.496 e. The van der Waals surface area contributed by atoms with Crippen LogP contribution in [0.25, 0.3) is 0 Å². The maximum atomic E-state index is 13.2. The zero-order valence-corrected chi connectivity index (χ0v) is 20.1. The quantitative estimate of drug-likeness (QED) is 0.481. The molecule has 3 rings (SSSR count). The van der Waals surface area contributed by atoms with E-state index < -0.39 is 22.0 Å². The number of anilines is 1. The third-order valence-electron chi connectivity index (χ3n) is 5.42. The highest BCUT2D eigenvalue weighted by Gasteiger charge is 2.26. The number of aryl methyl sites for hydroxylation is 1. The number of ether oxygens (including phenoxy) is 1. The molecule has 0 aliphatic rings. The van der Waals surface area contributed by atoms with E-state index >= 15 is 0 Å². The number of carbonyl (C=O) groups excluding carboxylic acids is 1. The first-order chi connectivity index (χ1) is 15.7. The molecule has 0 radical (unpaired) electrons. The molecular formula is C26H30N2O4S. The zero-order valence-electron chi connectivity index (χ0n) is 19.3. The Morgan fingerprint density at radius 1 is 0.970 bits per heavy atom. The SMILES string of the molecule is COc1ccc(S(=O)(=O)N[C@H](Cc2ccccc2)C(=O)Nc2ccc(C(C)C)cc2)cc1C. The highest BCUT2D eigenvalue weighted by molar-refractivity contribution is 7.89. The van der Waals surface area contributed by atoms with Crippen molar-refractivity contribution in [3.05, 3.63) is 89.5 Å². The van der Waals surface area contributed by atoms with E-state index in [0.29, 0.717) is 22.9 Å². The van der Waals surface area contributed by atoms with Gasteiger partial charge in [-0.25, -0.2) is 8.42 Å². The maximum absolute atomic E-state index is 13.2. The van der Waals surface area contributed by atoms with Gasteiger partial charge in [0.15, 0.2) is 0 Å². The van der Waals surface area contributed by atoms with Gasteiger partial charge >= 0.3 is 0 Å². The van der Waals surface area contributed by atoms with Crippen molar-refractivity contribution in [3.8, 4) is 5.75 Å². The smallest absolute Gasteiger partial charge is 0.242 e. The number of nitrogens with one attached hydrogen (secondary N) is 2. The van der Waals surface area contributed by atoms with Crippen LogP contribution in [0.5, 0.6) is 5.75 Å². The zero-order chi connectivity index (χ0) is 24.0. The van der Waals surface area contributed by atoms with E-state index in [2.05, 4.69) is 23.9 Å². The molecule has 0 saturated heterocycles. The fourth-order valence-corrected chi connectivity index (χ4v) is 4.77. The Morgan fingerprint density at radius 3 is 2.21 bits per heavy atom. The van der Waals surface area contributed by atoms with Crippen molar-refractivity contribution in [2.24, 2.45) is 0 Å². The first-order valence-corrected chi connectivity index (χ1v) is 12.3. The molecular weight excluding hydrogens is 436 g/mol. The van der Waals surface area contributed by atoms with Crippen LogP contribution in [0.4, 0.5) is 5.69 Å². The molecule has 3 aromatic rings. The first-order valence-electron chi connectivity index (χ1n) is 10.8. The van der Waals surface area contributed by atoms with Gasteiger partial charge in [-0.2, -0.15) is 4.72 Å². The summed E-state index contributed by atoms with van der Waals surface area (Å²) in [7, 11) is -2.42. The van der Waals surface area contributed by atoms with E-state index in [0.717, 1.165) is 11.1 Å². The number of benzene rings is 3. The molecule has 1 atom stereocenters. The third kappa shape index (κ3) is 6.43. The van der Waals surface area contributed by atoms with Crippen LogP contribution < -0.4 is 14.8 Å². The topological polar surface area (TPSA) is 84.5 Å². The molecule has 0 aromatic heterocycles. The van der Waals surface area contributed by atoms with Gasteiger partial charge in [-0.3, -0.25) is 4.79 Å². The molecule has 3 aromatic carbocycles. The van der Waals surface area contributed by atoms with Gasteiger partial charge in [0.1, 0.15) is 11.8 Å². The second-order valence-corrected chi connectivity index (χ2v) is 9.97. The fraction of sp³-hybridized carbons (Fsp3) is 0.269. The Kier molecular flexibility index (Phi) is 7.89. The summed E-state index contributed by atoms with van der Waals surface area (Å²) >= 11 is 0. The average Bonchev–Trinajstić information content (AvgIpc) is 2.79. The van der Waals surface area contributed by atoms with Crippen molar-refractivity contribution in [1.29, 1.82) is 0 Å². The Balaban J connectivity index is 1.85. The number of carbonyl (C=O) groups is 1. The van der Waals surface area contributed by atoms with E-state index in [4.69, 9.17) is 4.74 Å². The maximum Gasteiger partial charge on any atom is 0.242 e. The fourth-order valence-electron chi connectivity index (χ4n) is 3.49. The molecule has 2 N–H and O–H groups in total. The Hall–Kier alpha value is -3.16. The number of sulfonamides is 1. The van der Waals surface area contributed by atoms with Gasteiger partial charge in [0.2, 0.25) is 15.9 Å². The molecule has 6 nitrogen and oxygen atoms in total. The summed E-state index contributed by atoms with van der Waals surface area (Å²) in [4.78, 5) is 13.2. The minimum atomic E-state index is -3.95. The Labute approximate surface area is 196 Å². The number of hydrogen-bond donors (Lipinski definition) is 2. The van der Waals surface area contributed by atoms with E-state index in [1.54, 1.807) is 13.0 Å². The lowest BCUT2D eigenvalue weighted by Gasteiger charge is -2.19. The number of hydrogen-bond acceptors (Lipinski definition) is 4. The van der Waals surface area contributed by atoms with Crippen molar-refractivity contribution in [2.75, 3.05) is 12.4 Å². The second-order valence-electron chi connectivity index (χ2n) is 8.26. The van der Waals surface area contributed by atoms with Crippen LogP contribution in [0, 0.1) is 6.92 Å². The summed E-state index contributed by atoms with van der Waals surface area (Å²) in [6.45, 7) is 5.96. The molecule has 1 amide bonds. The minimum Gasteiger partial charge on any atom is -0.496 e. The molecule has 0 unspecified atom stereocenters. The van der Waals surface area contributed by atoms with E-state index in [-0.39, 0.29) is 11.3 Å². The highest BCUT2D eigenvalue weighted by atomic mass is 32.2. The molecule has 33 heavy (non-hydrogen) atoms. The van der Waals surface area contributed by atoms with Gasteiger partial charge in [0, 0.05) is 5.69 Å². The molecule has 0 aliphatic heterocycles. The standard InChI is InChI=1S/C26H30N2O4S/c1-18(2)21-10-12-22(13-11-21)27-26(29)24(17-20-8-6-5-7-9-20)28-33(30,31)23-14-15-25(32-4)19(3)16-23/h5-16,18,24,28H,17H2,1-4H3,(H,27,29)/t24-/m1/s1. The van der Waals surface area contributed by atoms with E-state index in [9.17, 15) is 13.2 Å². The molecule has 0 bridgehead atoms. The van der Waals surface area contributed by atoms with E-state index in [1.807, 2.05) is 54.6 Å². The van der Waals surface area contributed by atoms with Crippen LogP contribution in [0.1, 0.15) is 36.5 Å². The summed E-state index contributed by atoms with van der Waals surface area (Å²) in [5.41, 5.74) is 3.31. The number of amides is 1. The third-order valence-corrected chi connectivity index (χ3v) is 6.89. The van der Waals surface area contributed by atoms with Gasteiger partial charge in [-0.15, -0.1) is 0 Å². The summed E-state index contributed by atoms with van der Waals surface area (Å²) in [6, 6.07) is 20.5. The normalized spacial score (nSPS) is 12.4. The predicted molar refractivity (Wildman–Crippen MR) is 131 cm³/mol. The molecule has 7 heteroatoms. The van der Waals surface area contributed by atoms with Crippen molar-refractivity contribution in [3.63, 3.8) is 0 Å². The van der Waals surface area contributed by atoms with Gasteiger partial charge < -0.3 is 10.1 Å². The van der Waals surface area contributed by atoms with Crippen molar-refractivity contribution >= 4 is 21.6 Å². The molecule has 174 valence electrons. The van der Waals surface area contributed by atoms with Crippen LogP contribution >= 0.6 is 0 Å². The lowest BCUT2D eigenvalue weighted by atomic mass is 10.0. The monoisotopic (exact) mass is 466 g/mol. The van der Waals surface area contributed by atoms with Crippen LogP contribution in [0.15, 0.2) is 77.7 Å². The summed E-state index contributed by atoms with van der Waals surface area (Å²) in [5, 5.41) is 2.85. The van der Waals surface area contributed by atoms with Crippen molar-refractivity contribution in [2.45, 2.75) is 44.0 Å². The van der Waals surface area contributed by atoms with Crippen LogP contribution in [-0.4, -0.2) is 27.5 Å². The first kappa shape index (κ1) is 24.5. The summed E-state index contributed by atoms with van der Waals surface area (Å²) < 4.78 is 34.1. The molecule has 0 saturated carbocycles. The lowest BCUT2D eigenvalue weighted by molar-refractivity contribution is -0.117. The van der Waals surface area contributed by atoms with Crippen LogP contribution in [-0.2, 0) is 21.2 Å². The second kappa shape index (κ2) is 10.6. The Morgan fingerprint density at radius 2 is 1.64 bits per heavy atom. The minimum absolute atomic E-state index is 0.0768. The summed E-state index contributed by atoms with van der Waals surface area (Å²) in [5.74, 6) is 0.544. The Bertz CT molecular complexity index is 1190. The van der Waals surface area contributed by atoms with Crippen molar-refractivity contribution < 1.29 is 17.9 Å². The molecule has 0 heterocycles. The van der Waals surface area contributed by atoms with Gasteiger partial charge in [-0.05, 0) is 66.3 Å². The number of rotatable bonds is 9. The molecule has 0 aliphatic carbocycles. The lowest BCUT2D eigenvalue weighted by Crippen LogP contribution is -2.45. The van der Waals surface area contributed by atoms with Gasteiger partial charge in [0.25, 0.3) is 0 Å². The van der Waals surface area contributed by atoms with Crippen LogP contribution in [0.3, 0.4) is 0 Å². The van der Waals surface area contributed by atoms with Crippen molar-refractivity contribution in [1.82, 2.24) is 4.72 Å². The van der Waals surface area contributed by atoms with Crippen LogP contribution in [0.2, 0.25) is 0 Å². The van der Waals surface area contributed by atoms with Gasteiger partial charge in [-0.1, -0.05) is 56.3 Å². The van der Waals surface area contributed by atoms with Gasteiger partial charge in [0.05, 0.1) is 12.0 Å².